The van der Waals surface area contributed by atoms with E-state index in [9.17, 15) is 4.57 Å². The van der Waals surface area contributed by atoms with Gasteiger partial charge in [0, 0.05) is 5.02 Å². The van der Waals surface area contributed by atoms with Gasteiger partial charge in [0.15, 0.2) is 0 Å². The van der Waals surface area contributed by atoms with Crippen molar-refractivity contribution in [2.24, 2.45) is 0 Å². The van der Waals surface area contributed by atoms with Crippen LogP contribution in [0.2, 0.25) is 5.02 Å². The minimum atomic E-state index is -3.97. The van der Waals surface area contributed by atoms with E-state index in [1.54, 1.807) is 19.1 Å². The van der Waals surface area contributed by atoms with Crippen molar-refractivity contribution in [3.8, 4) is 5.75 Å². The summed E-state index contributed by atoms with van der Waals surface area (Å²) in [5, 5.41) is 0.529. The first kappa shape index (κ1) is 11.5. The van der Waals surface area contributed by atoms with Gasteiger partial charge in [-0.25, -0.2) is 4.57 Å². The summed E-state index contributed by atoms with van der Waals surface area (Å²) in [6, 6.07) is 6.10. The largest absolute Gasteiger partial charge is 0.527 e. The third-order valence-electron chi connectivity index (χ3n) is 1.33. The van der Waals surface area contributed by atoms with Crippen LogP contribution in [0, 0.1) is 0 Å². The van der Waals surface area contributed by atoms with Crippen molar-refractivity contribution in [1.29, 1.82) is 0 Å². The molecule has 0 aromatic heterocycles. The fraction of sp³-hybridized carbons (Fsp3) is 0.250. The average Bonchev–Trinajstić information content (AvgIpc) is 2.08. The SMILES string of the molecule is CCOP(=O)(O)Oc1ccc(Cl)cc1. The van der Waals surface area contributed by atoms with Gasteiger partial charge < -0.3 is 4.52 Å². The topological polar surface area (TPSA) is 55.8 Å². The van der Waals surface area contributed by atoms with Gasteiger partial charge in [-0.1, -0.05) is 11.6 Å². The van der Waals surface area contributed by atoms with Crippen LogP contribution in [0.1, 0.15) is 6.92 Å². The summed E-state index contributed by atoms with van der Waals surface area (Å²) in [6.07, 6.45) is 0. The number of phosphoric ester groups is 1. The monoisotopic (exact) mass is 236 g/mol. The van der Waals surface area contributed by atoms with Crippen LogP contribution >= 0.6 is 19.4 Å². The smallest absolute Gasteiger partial charge is 0.404 e. The molecule has 1 N–H and O–H groups in total. The van der Waals surface area contributed by atoms with Crippen molar-refractivity contribution in [3.05, 3.63) is 29.3 Å². The van der Waals surface area contributed by atoms with E-state index in [1.165, 1.54) is 12.1 Å². The molecule has 0 radical (unpaired) electrons. The van der Waals surface area contributed by atoms with Crippen LogP contribution in [-0.4, -0.2) is 11.5 Å². The van der Waals surface area contributed by atoms with E-state index in [2.05, 4.69) is 4.52 Å². The Balaban J connectivity index is 2.69. The molecule has 0 saturated carbocycles. The fourth-order valence-corrected chi connectivity index (χ4v) is 1.71. The molecule has 1 aromatic rings. The van der Waals surface area contributed by atoms with Crippen LogP contribution in [0.4, 0.5) is 0 Å². The third-order valence-corrected chi connectivity index (χ3v) is 2.60. The zero-order valence-electron chi connectivity index (χ0n) is 7.51. The second-order valence-corrected chi connectivity index (χ2v) is 4.25. The molecule has 1 aromatic carbocycles. The van der Waals surface area contributed by atoms with Crippen molar-refractivity contribution < 1.29 is 18.5 Å². The van der Waals surface area contributed by atoms with Gasteiger partial charge in [0.05, 0.1) is 6.61 Å². The number of rotatable bonds is 4. The van der Waals surface area contributed by atoms with Crippen LogP contribution in [0.25, 0.3) is 0 Å². The lowest BCUT2D eigenvalue weighted by Crippen LogP contribution is -1.96. The maximum Gasteiger partial charge on any atom is 0.527 e. The Morgan fingerprint density at radius 1 is 1.43 bits per heavy atom. The molecule has 0 aliphatic rings. The Labute approximate surface area is 87.0 Å². The Hall–Kier alpha value is -0.540. The first-order valence-corrected chi connectivity index (χ1v) is 5.83. The fourth-order valence-electron chi connectivity index (χ4n) is 0.818. The Kier molecular flexibility index (Phi) is 3.96. The Morgan fingerprint density at radius 2 is 2.00 bits per heavy atom. The van der Waals surface area contributed by atoms with Gasteiger partial charge in [0.2, 0.25) is 0 Å². The van der Waals surface area contributed by atoms with Gasteiger partial charge in [-0.3, -0.25) is 9.42 Å². The molecule has 1 atom stereocenters. The summed E-state index contributed by atoms with van der Waals surface area (Å²) >= 11 is 5.63. The van der Waals surface area contributed by atoms with Crippen LogP contribution in [0.15, 0.2) is 24.3 Å². The molecule has 14 heavy (non-hydrogen) atoms. The third kappa shape index (κ3) is 3.68. The molecule has 0 heterocycles. The van der Waals surface area contributed by atoms with Crippen molar-refractivity contribution in [3.63, 3.8) is 0 Å². The summed E-state index contributed by atoms with van der Waals surface area (Å²) in [5.41, 5.74) is 0. The quantitative estimate of drug-likeness (QED) is 0.817. The molecule has 0 bridgehead atoms. The number of hydrogen-bond donors (Lipinski definition) is 1. The zero-order chi connectivity index (χ0) is 10.6. The minimum absolute atomic E-state index is 0.112. The first-order valence-electron chi connectivity index (χ1n) is 3.96. The van der Waals surface area contributed by atoms with Crippen LogP contribution in [-0.2, 0) is 9.09 Å². The lowest BCUT2D eigenvalue weighted by atomic mass is 10.3. The lowest BCUT2D eigenvalue weighted by Gasteiger charge is -2.11. The summed E-state index contributed by atoms with van der Waals surface area (Å²) in [4.78, 5) is 9.12. The van der Waals surface area contributed by atoms with Crippen molar-refractivity contribution in [2.45, 2.75) is 6.92 Å². The van der Waals surface area contributed by atoms with Crippen LogP contribution in [0.5, 0.6) is 5.75 Å². The second kappa shape index (κ2) is 4.80. The van der Waals surface area contributed by atoms with Crippen LogP contribution < -0.4 is 4.52 Å². The molecule has 0 spiro atoms. The summed E-state index contributed by atoms with van der Waals surface area (Å²) in [5.74, 6) is 0.244. The number of benzene rings is 1. The molecule has 4 nitrogen and oxygen atoms in total. The van der Waals surface area contributed by atoms with E-state index < -0.39 is 7.82 Å². The van der Waals surface area contributed by atoms with Crippen molar-refractivity contribution >= 4 is 19.4 Å². The molecular formula is C8H10ClO4P. The second-order valence-electron chi connectivity index (χ2n) is 2.43. The van der Waals surface area contributed by atoms with E-state index in [-0.39, 0.29) is 12.4 Å². The molecule has 6 heteroatoms. The number of halogens is 1. The normalized spacial score (nSPS) is 14.8. The van der Waals surface area contributed by atoms with Crippen LogP contribution in [0.3, 0.4) is 0 Å². The molecule has 0 fully saturated rings. The minimum Gasteiger partial charge on any atom is -0.404 e. The highest BCUT2D eigenvalue weighted by Gasteiger charge is 2.21. The van der Waals surface area contributed by atoms with Gasteiger partial charge in [-0.05, 0) is 31.2 Å². The summed E-state index contributed by atoms with van der Waals surface area (Å²) in [6.45, 7) is 1.72. The van der Waals surface area contributed by atoms with Gasteiger partial charge in [-0.15, -0.1) is 0 Å². The van der Waals surface area contributed by atoms with E-state index in [0.717, 1.165) is 0 Å². The maximum atomic E-state index is 11.1. The number of hydrogen-bond acceptors (Lipinski definition) is 3. The standard InChI is InChI=1S/C8H10ClO4P/c1-2-12-14(10,11)13-8-5-3-7(9)4-6-8/h3-6H,2H2,1H3,(H,10,11). The van der Waals surface area contributed by atoms with E-state index >= 15 is 0 Å². The zero-order valence-corrected chi connectivity index (χ0v) is 9.16. The molecule has 1 unspecified atom stereocenters. The van der Waals surface area contributed by atoms with Gasteiger partial charge >= 0.3 is 7.82 Å². The maximum absolute atomic E-state index is 11.1. The molecule has 78 valence electrons. The predicted octanol–water partition coefficient (Wildman–Crippen LogP) is 2.86. The molecule has 0 aliphatic heterocycles. The molecule has 0 aliphatic carbocycles. The highest BCUT2D eigenvalue weighted by Crippen LogP contribution is 2.43. The molecule has 1 rings (SSSR count). The molecular weight excluding hydrogens is 227 g/mol. The number of phosphoric acid groups is 1. The predicted molar refractivity (Wildman–Crippen MR) is 53.5 cm³/mol. The van der Waals surface area contributed by atoms with Crippen molar-refractivity contribution in [1.82, 2.24) is 0 Å². The average molecular weight is 237 g/mol. The molecule has 0 amide bonds. The van der Waals surface area contributed by atoms with Crippen molar-refractivity contribution in [2.75, 3.05) is 6.61 Å². The Morgan fingerprint density at radius 3 is 2.50 bits per heavy atom. The Bertz CT molecular complexity index is 338. The van der Waals surface area contributed by atoms with Gasteiger partial charge in [0.25, 0.3) is 0 Å². The van der Waals surface area contributed by atoms with E-state index in [0.29, 0.717) is 5.02 Å². The first-order chi connectivity index (χ1) is 6.53. The van der Waals surface area contributed by atoms with Gasteiger partial charge in [0.1, 0.15) is 5.75 Å². The summed E-state index contributed by atoms with van der Waals surface area (Å²) < 4.78 is 20.4. The summed E-state index contributed by atoms with van der Waals surface area (Å²) in [7, 11) is -3.97. The van der Waals surface area contributed by atoms with E-state index in [4.69, 9.17) is 21.0 Å². The van der Waals surface area contributed by atoms with E-state index in [1.807, 2.05) is 0 Å². The highest BCUT2D eigenvalue weighted by molar-refractivity contribution is 7.47. The van der Waals surface area contributed by atoms with Gasteiger partial charge in [-0.2, -0.15) is 0 Å². The molecule has 0 saturated heterocycles. The highest BCUT2D eigenvalue weighted by atomic mass is 35.5. The lowest BCUT2D eigenvalue weighted by molar-refractivity contribution is 0.213.